The van der Waals surface area contributed by atoms with E-state index in [1.807, 2.05) is 40.4 Å². The van der Waals surface area contributed by atoms with Crippen LogP contribution in [0.5, 0.6) is 0 Å². The molecule has 0 atom stereocenters. The van der Waals surface area contributed by atoms with E-state index in [-0.39, 0.29) is 5.25 Å². The Balaban J connectivity index is 1.77. The highest BCUT2D eigenvalue weighted by atomic mass is 32.2. The van der Waals surface area contributed by atoms with Crippen molar-refractivity contribution in [2.45, 2.75) is 18.1 Å². The quantitative estimate of drug-likeness (QED) is 0.804. The van der Waals surface area contributed by atoms with Gasteiger partial charge in [-0.1, -0.05) is 18.2 Å². The fourth-order valence-corrected chi connectivity index (χ4v) is 4.38. The topological polar surface area (TPSA) is 63.5 Å². The number of sulfonamides is 1. The molecule has 0 saturated heterocycles. The SMILES string of the molecule is O=S(=O)(Nc1ccccc1-c1cn2ccsc2n1)C1CC1. The zero-order valence-corrected chi connectivity index (χ0v) is 12.7. The highest BCUT2D eigenvalue weighted by Crippen LogP contribution is 2.33. The normalized spacial score (nSPS) is 15.4. The first kappa shape index (κ1) is 12.8. The third-order valence-electron chi connectivity index (χ3n) is 3.51. The van der Waals surface area contributed by atoms with Gasteiger partial charge in [-0.05, 0) is 18.9 Å². The molecule has 0 amide bonds. The molecule has 0 radical (unpaired) electrons. The maximum Gasteiger partial charge on any atom is 0.235 e. The molecule has 1 saturated carbocycles. The summed E-state index contributed by atoms with van der Waals surface area (Å²) >= 11 is 1.55. The number of hydrogen-bond acceptors (Lipinski definition) is 4. The summed E-state index contributed by atoms with van der Waals surface area (Å²) in [6, 6.07) is 7.38. The molecule has 1 fully saturated rings. The molecule has 0 spiro atoms. The van der Waals surface area contributed by atoms with E-state index in [0.29, 0.717) is 5.69 Å². The van der Waals surface area contributed by atoms with E-state index in [1.165, 1.54) is 0 Å². The molecule has 1 aliphatic rings. The van der Waals surface area contributed by atoms with Gasteiger partial charge in [0.1, 0.15) is 0 Å². The van der Waals surface area contributed by atoms with E-state index < -0.39 is 10.0 Å². The number of fused-ring (bicyclic) bond motifs is 1. The zero-order valence-electron chi connectivity index (χ0n) is 11.1. The Morgan fingerprint density at radius 2 is 2.10 bits per heavy atom. The van der Waals surface area contributed by atoms with Gasteiger partial charge in [0.25, 0.3) is 0 Å². The number of anilines is 1. The van der Waals surface area contributed by atoms with Crippen LogP contribution in [-0.2, 0) is 10.0 Å². The monoisotopic (exact) mass is 319 g/mol. The van der Waals surface area contributed by atoms with Gasteiger partial charge in [-0.15, -0.1) is 11.3 Å². The molecule has 21 heavy (non-hydrogen) atoms. The van der Waals surface area contributed by atoms with Crippen molar-refractivity contribution >= 4 is 32.0 Å². The van der Waals surface area contributed by atoms with Gasteiger partial charge in [0.2, 0.25) is 10.0 Å². The number of thiazole rings is 1. The summed E-state index contributed by atoms with van der Waals surface area (Å²) in [6.07, 6.45) is 5.35. The van der Waals surface area contributed by atoms with E-state index in [9.17, 15) is 8.42 Å². The van der Waals surface area contributed by atoms with Crippen LogP contribution in [0.25, 0.3) is 16.2 Å². The lowest BCUT2D eigenvalue weighted by Crippen LogP contribution is -2.17. The van der Waals surface area contributed by atoms with Crippen LogP contribution in [-0.4, -0.2) is 23.1 Å². The number of imidazole rings is 1. The molecule has 0 bridgehead atoms. The molecule has 0 unspecified atom stereocenters. The minimum absolute atomic E-state index is 0.240. The minimum atomic E-state index is -3.27. The number of benzene rings is 1. The molecule has 2 heterocycles. The van der Waals surface area contributed by atoms with Crippen molar-refractivity contribution in [1.82, 2.24) is 9.38 Å². The number of nitrogens with one attached hydrogen (secondary N) is 1. The molecule has 3 aromatic rings. The van der Waals surface area contributed by atoms with Crippen LogP contribution in [0.3, 0.4) is 0 Å². The summed E-state index contributed by atoms with van der Waals surface area (Å²) in [5, 5.41) is 1.73. The summed E-state index contributed by atoms with van der Waals surface area (Å²) < 4.78 is 28.9. The van der Waals surface area contributed by atoms with Crippen molar-refractivity contribution in [3.05, 3.63) is 42.0 Å². The van der Waals surface area contributed by atoms with E-state index in [1.54, 1.807) is 17.4 Å². The van der Waals surface area contributed by atoms with Crippen molar-refractivity contribution in [3.63, 3.8) is 0 Å². The van der Waals surface area contributed by atoms with E-state index in [0.717, 1.165) is 29.1 Å². The van der Waals surface area contributed by atoms with E-state index in [2.05, 4.69) is 9.71 Å². The second-order valence-electron chi connectivity index (χ2n) is 5.11. The molecule has 5 nitrogen and oxygen atoms in total. The first-order valence-corrected chi connectivity index (χ1v) is 9.09. The number of para-hydroxylation sites is 1. The van der Waals surface area contributed by atoms with Crippen LogP contribution in [0.4, 0.5) is 5.69 Å². The third-order valence-corrected chi connectivity index (χ3v) is 6.14. The molecular weight excluding hydrogens is 306 g/mol. The van der Waals surface area contributed by atoms with E-state index >= 15 is 0 Å². The van der Waals surface area contributed by atoms with Crippen LogP contribution in [0, 0.1) is 0 Å². The Bertz CT molecular complexity index is 879. The van der Waals surface area contributed by atoms with Crippen molar-refractivity contribution in [2.24, 2.45) is 0 Å². The fraction of sp³-hybridized carbons (Fsp3) is 0.214. The van der Waals surface area contributed by atoms with Gasteiger partial charge in [-0.2, -0.15) is 0 Å². The molecule has 7 heteroatoms. The second-order valence-corrected chi connectivity index (χ2v) is 7.94. The number of aromatic nitrogens is 2. The van der Waals surface area contributed by atoms with Crippen LogP contribution >= 0.6 is 11.3 Å². The van der Waals surface area contributed by atoms with Crippen LogP contribution in [0.15, 0.2) is 42.0 Å². The first-order chi connectivity index (χ1) is 10.1. The standard InChI is InChI=1S/C14H13N3O2S2/c18-21(19,10-5-6-10)16-12-4-2-1-3-11(12)13-9-17-7-8-20-14(17)15-13/h1-4,7-10,16H,5-6H2. The highest BCUT2D eigenvalue weighted by Gasteiger charge is 2.36. The lowest BCUT2D eigenvalue weighted by Gasteiger charge is -2.10. The summed E-state index contributed by atoms with van der Waals surface area (Å²) in [5.41, 5.74) is 2.17. The first-order valence-electron chi connectivity index (χ1n) is 6.67. The Hall–Kier alpha value is -1.86. The maximum atomic E-state index is 12.1. The maximum absolute atomic E-state index is 12.1. The average Bonchev–Trinajstić information content (AvgIpc) is 3.11. The van der Waals surface area contributed by atoms with Crippen molar-refractivity contribution in [3.8, 4) is 11.3 Å². The van der Waals surface area contributed by atoms with Gasteiger partial charge in [-0.3, -0.25) is 9.12 Å². The average molecular weight is 319 g/mol. The lowest BCUT2D eigenvalue weighted by molar-refractivity contribution is 0.600. The third kappa shape index (κ3) is 2.32. The van der Waals surface area contributed by atoms with Gasteiger partial charge in [0, 0.05) is 23.3 Å². The smallest absolute Gasteiger partial charge is 0.235 e. The molecule has 4 rings (SSSR count). The fourth-order valence-electron chi connectivity index (χ4n) is 2.27. The Labute approximate surface area is 126 Å². The summed E-state index contributed by atoms with van der Waals surface area (Å²) in [6.45, 7) is 0. The van der Waals surface area contributed by atoms with Crippen LogP contribution < -0.4 is 4.72 Å². The summed E-state index contributed by atoms with van der Waals surface area (Å²) in [5.74, 6) is 0. The van der Waals surface area contributed by atoms with E-state index in [4.69, 9.17) is 0 Å². The number of rotatable bonds is 4. The van der Waals surface area contributed by atoms with Crippen molar-refractivity contribution in [2.75, 3.05) is 4.72 Å². The Morgan fingerprint density at radius 3 is 2.86 bits per heavy atom. The summed E-state index contributed by atoms with van der Waals surface area (Å²) in [4.78, 5) is 5.43. The molecule has 108 valence electrons. The predicted molar refractivity (Wildman–Crippen MR) is 84.1 cm³/mol. The van der Waals surface area contributed by atoms with Crippen molar-refractivity contribution in [1.29, 1.82) is 0 Å². The Morgan fingerprint density at radius 1 is 1.29 bits per heavy atom. The molecule has 1 aromatic carbocycles. The van der Waals surface area contributed by atoms with Gasteiger partial charge in [0.15, 0.2) is 4.96 Å². The highest BCUT2D eigenvalue weighted by molar-refractivity contribution is 7.93. The number of hydrogen-bond donors (Lipinski definition) is 1. The molecular formula is C14H13N3O2S2. The zero-order chi connectivity index (χ0) is 14.4. The van der Waals surface area contributed by atoms with Gasteiger partial charge < -0.3 is 0 Å². The minimum Gasteiger partial charge on any atom is -0.297 e. The van der Waals surface area contributed by atoms with Crippen molar-refractivity contribution < 1.29 is 8.42 Å². The van der Waals surface area contributed by atoms with Gasteiger partial charge >= 0.3 is 0 Å². The molecule has 0 aliphatic heterocycles. The Kier molecular flexibility index (Phi) is 2.80. The van der Waals surface area contributed by atoms with Gasteiger partial charge in [0.05, 0.1) is 16.6 Å². The largest absolute Gasteiger partial charge is 0.297 e. The lowest BCUT2D eigenvalue weighted by atomic mass is 10.1. The second kappa shape index (κ2) is 4.57. The molecule has 1 aliphatic carbocycles. The van der Waals surface area contributed by atoms with Gasteiger partial charge in [-0.25, -0.2) is 13.4 Å². The van der Waals surface area contributed by atoms with Crippen LogP contribution in [0.1, 0.15) is 12.8 Å². The molecule has 1 N–H and O–H groups in total. The molecule has 2 aromatic heterocycles. The predicted octanol–water partition coefficient (Wildman–Crippen LogP) is 2.97. The van der Waals surface area contributed by atoms with Crippen LogP contribution in [0.2, 0.25) is 0 Å². The summed E-state index contributed by atoms with van der Waals surface area (Å²) in [7, 11) is -3.27. The number of nitrogens with zero attached hydrogens (tertiary/aromatic N) is 2.